The van der Waals surface area contributed by atoms with Crippen LogP contribution in [0.1, 0.15) is 29.9 Å². The molecular weight excluding hydrogens is 267 g/mol. The lowest BCUT2D eigenvalue weighted by atomic mass is 10.0. The molecule has 106 valence electrons. The van der Waals surface area contributed by atoms with Gasteiger partial charge in [0, 0.05) is 12.4 Å². The Kier molecular flexibility index (Phi) is 4.34. The fraction of sp³-hybridized carbons (Fsp3) is 0.286. The minimum atomic E-state index is -4.32. The Morgan fingerprint density at radius 2 is 1.70 bits per heavy atom. The summed E-state index contributed by atoms with van der Waals surface area (Å²) < 4.78 is 37.7. The number of aromatic nitrogens is 2. The maximum Gasteiger partial charge on any atom is 0.416 e. The SMILES string of the molecule is CCNC(c1ccc(C(F)(F)F)cc1)c1ncccn1. The molecule has 1 heterocycles. The van der Waals surface area contributed by atoms with Crippen molar-refractivity contribution in [2.24, 2.45) is 0 Å². The van der Waals surface area contributed by atoms with Crippen LogP contribution >= 0.6 is 0 Å². The summed E-state index contributed by atoms with van der Waals surface area (Å²) in [6.07, 6.45) is -1.11. The molecule has 0 amide bonds. The van der Waals surface area contributed by atoms with Gasteiger partial charge in [-0.2, -0.15) is 13.2 Å². The van der Waals surface area contributed by atoms with E-state index in [1.54, 1.807) is 18.5 Å². The highest BCUT2D eigenvalue weighted by atomic mass is 19.4. The number of benzene rings is 1. The van der Waals surface area contributed by atoms with E-state index in [0.29, 0.717) is 17.9 Å². The molecule has 1 aromatic heterocycles. The molecule has 6 heteroatoms. The van der Waals surface area contributed by atoms with Gasteiger partial charge in [0.1, 0.15) is 5.82 Å². The summed E-state index contributed by atoms with van der Waals surface area (Å²) in [5.74, 6) is 0.536. The molecule has 1 atom stereocenters. The van der Waals surface area contributed by atoms with Gasteiger partial charge >= 0.3 is 6.18 Å². The van der Waals surface area contributed by atoms with Gasteiger partial charge in [-0.25, -0.2) is 9.97 Å². The number of alkyl halides is 3. The number of nitrogens with zero attached hydrogens (tertiary/aromatic N) is 2. The Hall–Kier alpha value is -1.95. The standard InChI is InChI=1S/C14H14F3N3/c1-2-18-12(13-19-8-3-9-20-13)10-4-6-11(7-5-10)14(15,16)17/h3-9,12,18H,2H2,1H3. The van der Waals surface area contributed by atoms with Gasteiger partial charge in [-0.05, 0) is 30.3 Å². The minimum absolute atomic E-state index is 0.316. The molecule has 1 aromatic carbocycles. The molecule has 0 fully saturated rings. The summed E-state index contributed by atoms with van der Waals surface area (Å²) in [5.41, 5.74) is 0.0385. The van der Waals surface area contributed by atoms with Crippen molar-refractivity contribution in [1.82, 2.24) is 15.3 Å². The van der Waals surface area contributed by atoms with Crippen LogP contribution in [0, 0.1) is 0 Å². The maximum atomic E-state index is 12.6. The minimum Gasteiger partial charge on any atom is -0.304 e. The monoisotopic (exact) mass is 281 g/mol. The van der Waals surface area contributed by atoms with E-state index in [1.165, 1.54) is 12.1 Å². The molecule has 20 heavy (non-hydrogen) atoms. The zero-order chi connectivity index (χ0) is 14.6. The van der Waals surface area contributed by atoms with Crippen molar-refractivity contribution in [2.75, 3.05) is 6.54 Å². The van der Waals surface area contributed by atoms with Crippen molar-refractivity contribution in [3.63, 3.8) is 0 Å². The lowest BCUT2D eigenvalue weighted by Crippen LogP contribution is -2.24. The molecule has 0 aliphatic heterocycles. The lowest BCUT2D eigenvalue weighted by Gasteiger charge is -2.17. The van der Waals surface area contributed by atoms with Gasteiger partial charge in [0.25, 0.3) is 0 Å². The molecule has 0 aliphatic carbocycles. The van der Waals surface area contributed by atoms with Crippen molar-refractivity contribution in [3.8, 4) is 0 Å². The van der Waals surface area contributed by atoms with E-state index in [4.69, 9.17) is 0 Å². The highest BCUT2D eigenvalue weighted by Crippen LogP contribution is 2.30. The zero-order valence-electron chi connectivity index (χ0n) is 10.9. The summed E-state index contributed by atoms with van der Waals surface area (Å²) in [6.45, 7) is 2.57. The molecule has 0 radical (unpaired) electrons. The molecular formula is C14H14F3N3. The normalized spacial score (nSPS) is 13.2. The third kappa shape index (κ3) is 3.33. The van der Waals surface area contributed by atoms with E-state index in [9.17, 15) is 13.2 Å². The first kappa shape index (κ1) is 14.5. The quantitative estimate of drug-likeness (QED) is 0.935. The predicted octanol–water partition coefficient (Wildman–Crippen LogP) is 3.19. The van der Waals surface area contributed by atoms with Crippen LogP contribution in [0.5, 0.6) is 0 Å². The number of rotatable bonds is 4. The van der Waals surface area contributed by atoms with E-state index in [1.807, 2.05) is 6.92 Å². The molecule has 1 N–H and O–H groups in total. The van der Waals surface area contributed by atoms with E-state index in [0.717, 1.165) is 12.1 Å². The van der Waals surface area contributed by atoms with Crippen LogP contribution in [0.4, 0.5) is 13.2 Å². The molecule has 3 nitrogen and oxygen atoms in total. The molecule has 0 spiro atoms. The van der Waals surface area contributed by atoms with Gasteiger partial charge in [-0.3, -0.25) is 0 Å². The van der Waals surface area contributed by atoms with Gasteiger partial charge in [-0.1, -0.05) is 19.1 Å². The predicted molar refractivity (Wildman–Crippen MR) is 69.0 cm³/mol. The van der Waals surface area contributed by atoms with Crippen LogP contribution in [0.25, 0.3) is 0 Å². The summed E-state index contributed by atoms with van der Waals surface area (Å²) in [7, 11) is 0. The topological polar surface area (TPSA) is 37.8 Å². The van der Waals surface area contributed by atoms with Crippen molar-refractivity contribution >= 4 is 0 Å². The fourth-order valence-corrected chi connectivity index (χ4v) is 1.89. The second-order valence-corrected chi connectivity index (χ2v) is 4.22. The number of hydrogen-bond donors (Lipinski definition) is 1. The van der Waals surface area contributed by atoms with Gasteiger partial charge in [0.05, 0.1) is 11.6 Å². The van der Waals surface area contributed by atoms with Crippen molar-refractivity contribution in [1.29, 1.82) is 0 Å². The second-order valence-electron chi connectivity index (χ2n) is 4.22. The van der Waals surface area contributed by atoms with Gasteiger partial charge in [-0.15, -0.1) is 0 Å². The summed E-state index contributed by atoms with van der Waals surface area (Å²) in [5, 5.41) is 3.17. The van der Waals surface area contributed by atoms with E-state index in [2.05, 4.69) is 15.3 Å². The average molecular weight is 281 g/mol. The van der Waals surface area contributed by atoms with Gasteiger partial charge in [0.2, 0.25) is 0 Å². The van der Waals surface area contributed by atoms with Crippen molar-refractivity contribution in [3.05, 3.63) is 59.7 Å². The first-order chi connectivity index (χ1) is 9.52. The van der Waals surface area contributed by atoms with Crippen LogP contribution in [0.2, 0.25) is 0 Å². The largest absolute Gasteiger partial charge is 0.416 e. The summed E-state index contributed by atoms with van der Waals surface area (Å²) >= 11 is 0. The van der Waals surface area contributed by atoms with Crippen LogP contribution in [-0.4, -0.2) is 16.5 Å². The summed E-state index contributed by atoms with van der Waals surface area (Å²) in [6, 6.07) is 6.42. The van der Waals surface area contributed by atoms with Gasteiger partial charge in [0.15, 0.2) is 0 Å². The number of nitrogens with one attached hydrogen (secondary N) is 1. The molecule has 0 saturated carbocycles. The Labute approximate surface area is 114 Å². The Morgan fingerprint density at radius 3 is 2.20 bits per heavy atom. The van der Waals surface area contributed by atoms with Crippen LogP contribution in [0.3, 0.4) is 0 Å². The van der Waals surface area contributed by atoms with E-state index in [-0.39, 0.29) is 6.04 Å². The van der Waals surface area contributed by atoms with E-state index >= 15 is 0 Å². The van der Waals surface area contributed by atoms with E-state index < -0.39 is 11.7 Å². The van der Waals surface area contributed by atoms with Crippen LogP contribution < -0.4 is 5.32 Å². The second kappa shape index (κ2) is 6.00. The maximum absolute atomic E-state index is 12.6. The molecule has 2 rings (SSSR count). The molecule has 0 saturated heterocycles. The van der Waals surface area contributed by atoms with Crippen molar-refractivity contribution in [2.45, 2.75) is 19.1 Å². The van der Waals surface area contributed by atoms with Crippen molar-refractivity contribution < 1.29 is 13.2 Å². The molecule has 2 aromatic rings. The molecule has 0 aliphatic rings. The van der Waals surface area contributed by atoms with Crippen LogP contribution in [-0.2, 0) is 6.18 Å². The third-order valence-corrected chi connectivity index (χ3v) is 2.82. The zero-order valence-corrected chi connectivity index (χ0v) is 10.9. The Morgan fingerprint density at radius 1 is 1.10 bits per heavy atom. The Balaban J connectivity index is 2.31. The van der Waals surface area contributed by atoms with Crippen LogP contribution in [0.15, 0.2) is 42.7 Å². The fourth-order valence-electron chi connectivity index (χ4n) is 1.89. The lowest BCUT2D eigenvalue weighted by molar-refractivity contribution is -0.137. The first-order valence-electron chi connectivity index (χ1n) is 6.20. The molecule has 0 bridgehead atoms. The van der Waals surface area contributed by atoms with Gasteiger partial charge < -0.3 is 5.32 Å². The highest BCUT2D eigenvalue weighted by molar-refractivity contribution is 5.29. The first-order valence-corrected chi connectivity index (χ1v) is 6.20. The molecule has 1 unspecified atom stereocenters. The third-order valence-electron chi connectivity index (χ3n) is 2.82. The average Bonchev–Trinajstić information content (AvgIpc) is 2.45. The highest BCUT2D eigenvalue weighted by Gasteiger charge is 2.30. The Bertz CT molecular complexity index is 538. The number of hydrogen-bond acceptors (Lipinski definition) is 3. The number of halogens is 3. The summed E-state index contributed by atoms with van der Waals surface area (Å²) in [4.78, 5) is 8.30. The smallest absolute Gasteiger partial charge is 0.304 e.